The van der Waals surface area contributed by atoms with Crippen molar-refractivity contribution < 1.29 is 26.7 Å². The van der Waals surface area contributed by atoms with Crippen molar-refractivity contribution in [2.75, 3.05) is 0 Å². The number of pyridine rings is 1. The summed E-state index contributed by atoms with van der Waals surface area (Å²) in [5, 5.41) is -0.799. The van der Waals surface area contributed by atoms with Crippen LogP contribution in [0.5, 0.6) is 5.75 Å². The second-order valence-electron chi connectivity index (χ2n) is 2.58. The second kappa shape index (κ2) is 4.28. The van der Waals surface area contributed by atoms with E-state index in [0.717, 1.165) is 0 Å². The molecule has 0 atom stereocenters. The maximum atomic E-state index is 12.2. The maximum Gasteiger partial charge on any atom is 0.573 e. The van der Waals surface area contributed by atoms with Crippen molar-refractivity contribution in [1.29, 1.82) is 0 Å². The molecule has 0 aliphatic heterocycles. The summed E-state index contributed by atoms with van der Waals surface area (Å²) in [5.74, 6) is -1.08. The lowest BCUT2D eigenvalue weighted by atomic mass is 10.3. The van der Waals surface area contributed by atoms with E-state index in [-0.39, 0.29) is 6.07 Å². The van der Waals surface area contributed by atoms with Crippen LogP contribution in [0.25, 0.3) is 0 Å². The van der Waals surface area contributed by atoms with E-state index < -0.39 is 34.8 Å². The Morgan fingerprint density at radius 3 is 2.38 bits per heavy atom. The molecule has 0 unspecified atom stereocenters. The molecule has 0 radical (unpaired) electrons. The smallest absolute Gasteiger partial charge is 0.403 e. The molecule has 9 heteroatoms. The van der Waals surface area contributed by atoms with Gasteiger partial charge in [0.05, 0.1) is 5.56 Å². The third-order valence-corrected chi connectivity index (χ3v) is 1.73. The van der Waals surface area contributed by atoms with Crippen LogP contribution < -0.4 is 10.3 Å². The number of rotatable bonds is 2. The highest BCUT2D eigenvalue weighted by molar-refractivity contribution is 6.30. The number of halogens is 6. The van der Waals surface area contributed by atoms with E-state index in [1.165, 1.54) is 0 Å². The normalized spacial score (nSPS) is 11.9. The highest BCUT2D eigenvalue weighted by atomic mass is 35.5. The molecule has 0 saturated carbocycles. The van der Waals surface area contributed by atoms with Gasteiger partial charge < -0.3 is 9.72 Å². The van der Waals surface area contributed by atoms with Gasteiger partial charge in [0.1, 0.15) is 0 Å². The first-order valence-electron chi connectivity index (χ1n) is 3.67. The summed E-state index contributed by atoms with van der Waals surface area (Å²) < 4.78 is 63.1. The third-order valence-electron chi connectivity index (χ3n) is 1.45. The molecule has 90 valence electrons. The van der Waals surface area contributed by atoms with Crippen LogP contribution >= 0.6 is 11.6 Å². The molecule has 16 heavy (non-hydrogen) atoms. The van der Waals surface area contributed by atoms with E-state index in [1.54, 1.807) is 4.98 Å². The number of hydrogen-bond donors (Lipinski definition) is 1. The number of aromatic nitrogens is 1. The fourth-order valence-corrected chi connectivity index (χ4v) is 1.04. The maximum absolute atomic E-state index is 12.2. The average molecular weight is 264 g/mol. The Morgan fingerprint density at radius 1 is 1.38 bits per heavy atom. The Kier molecular flexibility index (Phi) is 3.41. The van der Waals surface area contributed by atoms with E-state index in [1.807, 2.05) is 0 Å². The number of nitrogens with one attached hydrogen (secondary N) is 1. The Labute approximate surface area is 89.8 Å². The van der Waals surface area contributed by atoms with Crippen LogP contribution in [0.1, 0.15) is 12.0 Å². The summed E-state index contributed by atoms with van der Waals surface area (Å²) in [6.07, 6.45) is -8.31. The van der Waals surface area contributed by atoms with Crippen molar-refractivity contribution in [1.82, 2.24) is 4.98 Å². The zero-order valence-corrected chi connectivity index (χ0v) is 7.99. The molecule has 1 aromatic heterocycles. The fourth-order valence-electron chi connectivity index (χ4n) is 0.865. The first-order valence-corrected chi connectivity index (χ1v) is 4.05. The number of H-pyrrole nitrogens is 1. The minimum atomic E-state index is -5.08. The van der Waals surface area contributed by atoms with Crippen LogP contribution in [0.4, 0.5) is 22.0 Å². The SMILES string of the molecule is O=c1[nH]c(Cl)c(OC(F)(F)F)cc1C(F)F. The predicted octanol–water partition coefficient (Wildman–Crippen LogP) is 2.86. The molecule has 1 aromatic rings. The highest BCUT2D eigenvalue weighted by Crippen LogP contribution is 2.30. The minimum absolute atomic E-state index is 0.249. The molecule has 3 nitrogen and oxygen atoms in total. The molecule has 1 heterocycles. The molecule has 0 bridgehead atoms. The van der Waals surface area contributed by atoms with Gasteiger partial charge in [-0.1, -0.05) is 11.6 Å². The van der Waals surface area contributed by atoms with Gasteiger partial charge in [-0.05, 0) is 6.07 Å². The van der Waals surface area contributed by atoms with Gasteiger partial charge in [-0.25, -0.2) is 8.78 Å². The van der Waals surface area contributed by atoms with E-state index in [0.29, 0.717) is 0 Å². The number of aromatic amines is 1. The van der Waals surface area contributed by atoms with Gasteiger partial charge in [-0.2, -0.15) is 0 Å². The summed E-state index contributed by atoms with van der Waals surface area (Å²) in [6, 6.07) is 0.249. The van der Waals surface area contributed by atoms with E-state index in [2.05, 4.69) is 4.74 Å². The standard InChI is InChI=1S/C7H3ClF5NO2/c8-4-3(16-7(11,12)13)1-2(5(9)10)6(15)14-4/h1,5H,(H,14,15). The summed E-state index contributed by atoms with van der Waals surface area (Å²) in [5.41, 5.74) is -2.42. The summed E-state index contributed by atoms with van der Waals surface area (Å²) in [4.78, 5) is 12.5. The van der Waals surface area contributed by atoms with Crippen LogP contribution in [-0.2, 0) is 0 Å². The number of ether oxygens (including phenoxy) is 1. The first-order chi connectivity index (χ1) is 7.20. The van der Waals surface area contributed by atoms with Gasteiger partial charge in [0.25, 0.3) is 12.0 Å². The fraction of sp³-hybridized carbons (Fsp3) is 0.286. The van der Waals surface area contributed by atoms with Crippen LogP contribution in [0, 0.1) is 0 Å². The van der Waals surface area contributed by atoms with Crippen LogP contribution in [0.15, 0.2) is 10.9 Å². The molecule has 0 saturated heterocycles. The zero-order valence-electron chi connectivity index (χ0n) is 7.24. The predicted molar refractivity (Wildman–Crippen MR) is 43.7 cm³/mol. The molecule has 0 amide bonds. The Hall–Kier alpha value is -1.31. The van der Waals surface area contributed by atoms with Crippen molar-refractivity contribution in [2.45, 2.75) is 12.8 Å². The monoisotopic (exact) mass is 263 g/mol. The Morgan fingerprint density at radius 2 is 1.94 bits per heavy atom. The lowest BCUT2D eigenvalue weighted by Gasteiger charge is -2.10. The van der Waals surface area contributed by atoms with Crippen molar-refractivity contribution in [3.63, 3.8) is 0 Å². The van der Waals surface area contributed by atoms with Crippen molar-refractivity contribution in [2.24, 2.45) is 0 Å². The zero-order chi connectivity index (χ0) is 12.5. The minimum Gasteiger partial charge on any atom is -0.403 e. The molecule has 0 fully saturated rings. The quantitative estimate of drug-likeness (QED) is 0.658. The molecule has 1 rings (SSSR count). The van der Waals surface area contributed by atoms with Gasteiger partial charge in [-0.3, -0.25) is 4.79 Å². The summed E-state index contributed by atoms with van der Waals surface area (Å²) in [7, 11) is 0. The van der Waals surface area contributed by atoms with Gasteiger partial charge >= 0.3 is 6.36 Å². The average Bonchev–Trinajstić information content (AvgIpc) is 2.07. The first kappa shape index (κ1) is 12.8. The lowest BCUT2D eigenvalue weighted by Crippen LogP contribution is -2.20. The molecular formula is C7H3ClF5NO2. The summed E-state index contributed by atoms with van der Waals surface area (Å²) in [6.45, 7) is 0. The van der Waals surface area contributed by atoms with Crippen molar-refractivity contribution >= 4 is 11.6 Å². The van der Waals surface area contributed by atoms with Crippen LogP contribution in [0.2, 0.25) is 5.15 Å². The Bertz CT molecular complexity index is 441. The van der Waals surface area contributed by atoms with E-state index in [4.69, 9.17) is 11.6 Å². The largest absolute Gasteiger partial charge is 0.573 e. The van der Waals surface area contributed by atoms with E-state index in [9.17, 15) is 26.7 Å². The van der Waals surface area contributed by atoms with Crippen LogP contribution in [0.3, 0.4) is 0 Å². The highest BCUT2D eigenvalue weighted by Gasteiger charge is 2.33. The lowest BCUT2D eigenvalue weighted by molar-refractivity contribution is -0.274. The number of alkyl halides is 5. The van der Waals surface area contributed by atoms with Crippen molar-refractivity contribution in [3.05, 3.63) is 27.1 Å². The topological polar surface area (TPSA) is 42.1 Å². The van der Waals surface area contributed by atoms with E-state index >= 15 is 0 Å². The molecular weight excluding hydrogens is 261 g/mol. The molecule has 1 N–H and O–H groups in total. The Balaban J connectivity index is 3.20. The van der Waals surface area contributed by atoms with Gasteiger partial charge in [0.15, 0.2) is 10.9 Å². The van der Waals surface area contributed by atoms with Gasteiger partial charge in [0.2, 0.25) is 0 Å². The second-order valence-corrected chi connectivity index (χ2v) is 2.96. The van der Waals surface area contributed by atoms with Gasteiger partial charge in [0, 0.05) is 0 Å². The van der Waals surface area contributed by atoms with Crippen molar-refractivity contribution in [3.8, 4) is 5.75 Å². The van der Waals surface area contributed by atoms with Crippen LogP contribution in [-0.4, -0.2) is 11.3 Å². The molecule has 0 aliphatic rings. The third kappa shape index (κ3) is 3.09. The van der Waals surface area contributed by atoms with Gasteiger partial charge in [-0.15, -0.1) is 13.2 Å². The molecule has 0 aliphatic carbocycles. The summed E-state index contributed by atoms with van der Waals surface area (Å²) >= 11 is 5.19. The molecule has 0 aromatic carbocycles. The molecule has 0 spiro atoms. The number of hydrogen-bond acceptors (Lipinski definition) is 2.